The fraction of sp³-hybridized carbons (Fsp3) is 0.350. The number of nitriles is 1. The summed E-state index contributed by atoms with van der Waals surface area (Å²) in [5.41, 5.74) is 0.776. The molecular formula is C20H20N2O4. The van der Waals surface area contributed by atoms with Crippen LogP contribution >= 0.6 is 0 Å². The number of ketones is 1. The van der Waals surface area contributed by atoms with E-state index in [1.807, 2.05) is 19.9 Å². The number of carbonyl (C=O) groups excluding carboxylic acids is 1. The van der Waals surface area contributed by atoms with Crippen LogP contribution < -0.4 is 15.0 Å². The van der Waals surface area contributed by atoms with Crippen molar-refractivity contribution in [2.75, 3.05) is 14.2 Å². The van der Waals surface area contributed by atoms with Gasteiger partial charge in [-0.15, -0.1) is 0 Å². The van der Waals surface area contributed by atoms with E-state index < -0.39 is 5.56 Å². The zero-order valence-corrected chi connectivity index (χ0v) is 15.3. The van der Waals surface area contributed by atoms with E-state index in [-0.39, 0.29) is 16.8 Å². The second-order valence-corrected chi connectivity index (χ2v) is 7.18. The Morgan fingerprint density at radius 1 is 1.04 bits per heavy atom. The predicted molar refractivity (Wildman–Crippen MR) is 96.3 cm³/mol. The highest BCUT2D eigenvalue weighted by Gasteiger charge is 2.34. The van der Waals surface area contributed by atoms with Gasteiger partial charge in [-0.1, -0.05) is 13.8 Å². The quantitative estimate of drug-likeness (QED) is 0.848. The van der Waals surface area contributed by atoms with Crippen molar-refractivity contribution in [2.24, 2.45) is 5.41 Å². The molecule has 1 aromatic heterocycles. The van der Waals surface area contributed by atoms with Crippen molar-refractivity contribution in [1.82, 2.24) is 4.57 Å². The average molecular weight is 352 g/mol. The van der Waals surface area contributed by atoms with Crippen LogP contribution in [0.5, 0.6) is 11.5 Å². The lowest BCUT2D eigenvalue weighted by molar-refractivity contribution is 0.0909. The first-order chi connectivity index (χ1) is 12.3. The largest absolute Gasteiger partial charge is 0.497 e. The van der Waals surface area contributed by atoms with E-state index in [1.54, 1.807) is 18.2 Å². The smallest absolute Gasteiger partial charge is 0.273 e. The van der Waals surface area contributed by atoms with Gasteiger partial charge in [0.15, 0.2) is 5.78 Å². The molecule has 2 aromatic rings. The Morgan fingerprint density at radius 2 is 1.65 bits per heavy atom. The standard InChI is InChI=1S/C20H20N2O4/c1-20(2)9-17-16(18(23)10-20)5-12(11-21)19(24)22(17)13-6-14(25-3)8-15(7-13)26-4/h5-8H,9-10H2,1-4H3. The van der Waals surface area contributed by atoms with Crippen molar-refractivity contribution < 1.29 is 14.3 Å². The topological polar surface area (TPSA) is 81.3 Å². The third-order valence-corrected chi connectivity index (χ3v) is 4.60. The fourth-order valence-corrected chi connectivity index (χ4v) is 3.39. The third-order valence-electron chi connectivity index (χ3n) is 4.60. The molecule has 1 heterocycles. The van der Waals surface area contributed by atoms with Gasteiger partial charge in [0.1, 0.15) is 23.1 Å². The number of ether oxygens (including phenoxy) is 2. The van der Waals surface area contributed by atoms with Crippen molar-refractivity contribution in [3.8, 4) is 23.3 Å². The molecule has 6 nitrogen and oxygen atoms in total. The molecule has 0 saturated carbocycles. The minimum absolute atomic E-state index is 0.0569. The number of aromatic nitrogens is 1. The number of rotatable bonds is 3. The van der Waals surface area contributed by atoms with E-state index in [2.05, 4.69) is 0 Å². The number of hydrogen-bond acceptors (Lipinski definition) is 5. The number of pyridine rings is 1. The van der Waals surface area contributed by atoms with Gasteiger partial charge < -0.3 is 9.47 Å². The molecule has 1 aromatic carbocycles. The first-order valence-electron chi connectivity index (χ1n) is 8.25. The summed E-state index contributed by atoms with van der Waals surface area (Å²) >= 11 is 0. The van der Waals surface area contributed by atoms with Crippen molar-refractivity contribution in [1.29, 1.82) is 5.26 Å². The molecule has 1 aliphatic carbocycles. The second kappa shape index (κ2) is 6.34. The van der Waals surface area contributed by atoms with Crippen LogP contribution in [0.4, 0.5) is 0 Å². The molecule has 0 amide bonds. The Bertz CT molecular complexity index is 974. The normalized spacial score (nSPS) is 15.1. The number of nitrogens with zero attached hydrogens (tertiary/aromatic N) is 2. The molecule has 0 unspecified atom stereocenters. The summed E-state index contributed by atoms with van der Waals surface area (Å²) in [5, 5.41) is 9.36. The van der Waals surface area contributed by atoms with Gasteiger partial charge in [0.05, 0.1) is 19.9 Å². The van der Waals surface area contributed by atoms with Crippen LogP contribution in [0.1, 0.15) is 41.9 Å². The van der Waals surface area contributed by atoms with Gasteiger partial charge in [-0.05, 0) is 17.9 Å². The number of carbonyl (C=O) groups is 1. The summed E-state index contributed by atoms with van der Waals surface area (Å²) in [7, 11) is 3.05. The molecule has 0 radical (unpaired) electrons. The van der Waals surface area contributed by atoms with Gasteiger partial charge in [0.2, 0.25) is 0 Å². The van der Waals surface area contributed by atoms with Crippen molar-refractivity contribution in [2.45, 2.75) is 26.7 Å². The Morgan fingerprint density at radius 3 is 2.19 bits per heavy atom. The maximum absolute atomic E-state index is 12.9. The highest BCUT2D eigenvalue weighted by molar-refractivity contribution is 5.99. The summed E-state index contributed by atoms with van der Waals surface area (Å²) in [5.74, 6) is 0.976. The monoisotopic (exact) mass is 352 g/mol. The summed E-state index contributed by atoms with van der Waals surface area (Å²) in [6, 6.07) is 8.41. The van der Waals surface area contributed by atoms with E-state index in [4.69, 9.17) is 9.47 Å². The molecule has 0 bridgehead atoms. The molecule has 26 heavy (non-hydrogen) atoms. The van der Waals surface area contributed by atoms with Gasteiger partial charge in [0, 0.05) is 35.9 Å². The number of methoxy groups -OCH3 is 2. The molecule has 0 saturated heterocycles. The van der Waals surface area contributed by atoms with Crippen LogP contribution in [0.2, 0.25) is 0 Å². The summed E-state index contributed by atoms with van der Waals surface area (Å²) in [6.45, 7) is 3.99. The number of hydrogen-bond donors (Lipinski definition) is 0. The van der Waals surface area contributed by atoms with E-state index in [1.165, 1.54) is 24.9 Å². The number of benzene rings is 1. The van der Waals surface area contributed by atoms with E-state index in [0.29, 0.717) is 41.3 Å². The Kier molecular flexibility index (Phi) is 4.33. The zero-order valence-electron chi connectivity index (χ0n) is 15.3. The maximum atomic E-state index is 12.9. The van der Waals surface area contributed by atoms with Crippen LogP contribution in [0.25, 0.3) is 5.69 Å². The van der Waals surface area contributed by atoms with Crippen molar-refractivity contribution >= 4 is 5.78 Å². The van der Waals surface area contributed by atoms with Gasteiger partial charge in [0.25, 0.3) is 5.56 Å². The molecule has 0 atom stereocenters. The van der Waals surface area contributed by atoms with E-state index >= 15 is 0 Å². The van der Waals surface area contributed by atoms with Crippen LogP contribution in [-0.4, -0.2) is 24.6 Å². The maximum Gasteiger partial charge on any atom is 0.273 e. The summed E-state index contributed by atoms with van der Waals surface area (Å²) < 4.78 is 12.0. The first kappa shape index (κ1) is 17.7. The highest BCUT2D eigenvalue weighted by atomic mass is 16.5. The van der Waals surface area contributed by atoms with Crippen LogP contribution in [0, 0.1) is 16.7 Å². The molecule has 0 fully saturated rings. The fourth-order valence-electron chi connectivity index (χ4n) is 3.39. The molecule has 0 aliphatic heterocycles. The number of Topliss-reactive ketones (excluding diaryl/α,β-unsaturated/α-hetero) is 1. The molecule has 0 N–H and O–H groups in total. The van der Waals surface area contributed by atoms with Crippen molar-refractivity contribution in [3.05, 3.63) is 51.4 Å². The summed E-state index contributed by atoms with van der Waals surface area (Å²) in [4.78, 5) is 25.6. The minimum atomic E-state index is -0.452. The molecule has 1 aliphatic rings. The van der Waals surface area contributed by atoms with E-state index in [9.17, 15) is 14.9 Å². The number of fused-ring (bicyclic) bond motifs is 1. The Balaban J connectivity index is 2.38. The summed E-state index contributed by atoms with van der Waals surface area (Å²) in [6.07, 6.45) is 0.930. The Labute approximate surface area is 151 Å². The lowest BCUT2D eigenvalue weighted by Crippen LogP contribution is -2.35. The molecule has 134 valence electrons. The minimum Gasteiger partial charge on any atom is -0.497 e. The predicted octanol–water partition coefficient (Wildman–Crippen LogP) is 2.88. The SMILES string of the molecule is COc1cc(OC)cc(-n2c3c(cc(C#N)c2=O)C(=O)CC(C)(C)C3)c1. The third kappa shape index (κ3) is 2.97. The molecule has 0 spiro atoms. The molecule has 6 heteroatoms. The van der Waals surface area contributed by atoms with Crippen LogP contribution in [0.3, 0.4) is 0 Å². The second-order valence-electron chi connectivity index (χ2n) is 7.18. The van der Waals surface area contributed by atoms with Gasteiger partial charge in [-0.3, -0.25) is 14.2 Å². The first-order valence-corrected chi connectivity index (χ1v) is 8.25. The van der Waals surface area contributed by atoms with Gasteiger partial charge >= 0.3 is 0 Å². The zero-order chi connectivity index (χ0) is 19.1. The van der Waals surface area contributed by atoms with Crippen LogP contribution in [-0.2, 0) is 6.42 Å². The van der Waals surface area contributed by atoms with Gasteiger partial charge in [-0.2, -0.15) is 5.26 Å². The van der Waals surface area contributed by atoms with Crippen LogP contribution in [0.15, 0.2) is 29.1 Å². The van der Waals surface area contributed by atoms with Crippen molar-refractivity contribution in [3.63, 3.8) is 0 Å². The lowest BCUT2D eigenvalue weighted by atomic mass is 9.75. The molecular weight excluding hydrogens is 332 g/mol. The average Bonchev–Trinajstić information content (AvgIpc) is 2.60. The highest BCUT2D eigenvalue weighted by Crippen LogP contribution is 2.36. The molecule has 3 rings (SSSR count). The Hall–Kier alpha value is -3.07. The lowest BCUT2D eigenvalue weighted by Gasteiger charge is -2.32. The van der Waals surface area contributed by atoms with Gasteiger partial charge in [-0.25, -0.2) is 0 Å². The van der Waals surface area contributed by atoms with E-state index in [0.717, 1.165) is 0 Å².